The molecule has 0 fully saturated rings. The fourth-order valence-electron chi connectivity index (χ4n) is 3.14. The SMILES string of the molecule is CCc1cccc(CC)c1NC(=O)c1csc(-c2cccc(OC)c2OC)n1. The predicted molar refractivity (Wildman–Crippen MR) is 114 cm³/mol. The molecule has 0 aliphatic carbocycles. The summed E-state index contributed by atoms with van der Waals surface area (Å²) in [7, 11) is 3.19. The molecule has 1 N–H and O–H groups in total. The minimum absolute atomic E-state index is 0.208. The Morgan fingerprint density at radius 3 is 2.32 bits per heavy atom. The lowest BCUT2D eigenvalue weighted by atomic mass is 10.0. The van der Waals surface area contributed by atoms with Crippen LogP contribution in [0.1, 0.15) is 35.5 Å². The molecule has 28 heavy (non-hydrogen) atoms. The van der Waals surface area contributed by atoms with Crippen LogP contribution in [-0.4, -0.2) is 25.1 Å². The third kappa shape index (κ3) is 3.87. The summed E-state index contributed by atoms with van der Waals surface area (Å²) < 4.78 is 10.8. The van der Waals surface area contributed by atoms with Gasteiger partial charge in [0.2, 0.25) is 0 Å². The molecular formula is C22H24N2O3S. The number of nitrogens with one attached hydrogen (secondary N) is 1. The van der Waals surface area contributed by atoms with Gasteiger partial charge in [-0.25, -0.2) is 4.98 Å². The second kappa shape index (κ2) is 8.89. The lowest BCUT2D eigenvalue weighted by molar-refractivity contribution is 0.102. The summed E-state index contributed by atoms with van der Waals surface area (Å²) in [5, 5.41) is 5.54. The number of para-hydroxylation sites is 2. The van der Waals surface area contributed by atoms with E-state index in [0.717, 1.165) is 35.2 Å². The first-order valence-electron chi connectivity index (χ1n) is 9.21. The number of hydrogen-bond donors (Lipinski definition) is 1. The van der Waals surface area contributed by atoms with E-state index in [1.54, 1.807) is 19.6 Å². The summed E-state index contributed by atoms with van der Waals surface area (Å²) in [6.45, 7) is 4.17. The van der Waals surface area contributed by atoms with E-state index >= 15 is 0 Å². The molecule has 0 saturated heterocycles. The molecule has 0 bridgehead atoms. The standard InChI is InChI=1S/C22H24N2O3S/c1-5-14-9-7-10-15(6-2)19(14)24-21(25)17-13-28-22(23-17)16-11-8-12-18(26-3)20(16)27-4/h7-13H,5-6H2,1-4H3,(H,24,25). The lowest BCUT2D eigenvalue weighted by Crippen LogP contribution is -2.15. The van der Waals surface area contributed by atoms with E-state index in [1.807, 2.05) is 36.4 Å². The van der Waals surface area contributed by atoms with Crippen molar-refractivity contribution in [2.75, 3.05) is 19.5 Å². The maximum atomic E-state index is 12.8. The monoisotopic (exact) mass is 396 g/mol. The number of nitrogens with zero attached hydrogens (tertiary/aromatic N) is 1. The van der Waals surface area contributed by atoms with Crippen molar-refractivity contribution in [3.63, 3.8) is 0 Å². The predicted octanol–water partition coefficient (Wildman–Crippen LogP) is 5.20. The van der Waals surface area contributed by atoms with Gasteiger partial charge in [0.25, 0.3) is 5.91 Å². The Kier molecular flexibility index (Phi) is 6.31. The van der Waals surface area contributed by atoms with Crippen molar-refractivity contribution in [2.45, 2.75) is 26.7 Å². The summed E-state index contributed by atoms with van der Waals surface area (Å²) in [6.07, 6.45) is 1.71. The van der Waals surface area contributed by atoms with E-state index in [1.165, 1.54) is 11.3 Å². The maximum absolute atomic E-state index is 12.8. The fourth-order valence-corrected chi connectivity index (χ4v) is 3.96. The highest BCUT2D eigenvalue weighted by Gasteiger charge is 2.18. The van der Waals surface area contributed by atoms with Crippen molar-refractivity contribution >= 4 is 22.9 Å². The largest absolute Gasteiger partial charge is 0.493 e. The van der Waals surface area contributed by atoms with E-state index in [4.69, 9.17) is 9.47 Å². The number of anilines is 1. The number of ether oxygens (including phenoxy) is 2. The van der Waals surface area contributed by atoms with Crippen LogP contribution in [0.15, 0.2) is 41.8 Å². The molecule has 0 spiro atoms. The second-order valence-corrected chi connectivity index (χ2v) is 7.05. The molecule has 5 nitrogen and oxygen atoms in total. The second-order valence-electron chi connectivity index (χ2n) is 6.19. The molecule has 146 valence electrons. The molecule has 0 unspecified atom stereocenters. The van der Waals surface area contributed by atoms with Crippen molar-refractivity contribution in [1.82, 2.24) is 4.98 Å². The van der Waals surface area contributed by atoms with Crippen molar-refractivity contribution in [3.05, 3.63) is 58.6 Å². The smallest absolute Gasteiger partial charge is 0.275 e. The summed E-state index contributed by atoms with van der Waals surface area (Å²) in [4.78, 5) is 17.4. The number of aryl methyl sites for hydroxylation is 2. The van der Waals surface area contributed by atoms with Gasteiger partial charge in [0.05, 0.1) is 19.8 Å². The first kappa shape index (κ1) is 19.9. The van der Waals surface area contributed by atoms with Crippen LogP contribution in [0.25, 0.3) is 10.6 Å². The number of thiazole rings is 1. The normalized spacial score (nSPS) is 10.6. The highest BCUT2D eigenvalue weighted by atomic mass is 32.1. The number of rotatable bonds is 7. The molecule has 3 aromatic rings. The molecule has 1 heterocycles. The summed E-state index contributed by atoms with van der Waals surface area (Å²) in [5.41, 5.74) is 4.33. The van der Waals surface area contributed by atoms with E-state index < -0.39 is 0 Å². The molecule has 0 aliphatic rings. The van der Waals surface area contributed by atoms with Gasteiger partial charge in [-0.1, -0.05) is 38.1 Å². The zero-order valence-corrected chi connectivity index (χ0v) is 17.4. The molecular weight excluding hydrogens is 372 g/mol. The Morgan fingerprint density at radius 2 is 1.71 bits per heavy atom. The van der Waals surface area contributed by atoms with E-state index in [2.05, 4.69) is 24.1 Å². The van der Waals surface area contributed by atoms with Crippen LogP contribution in [-0.2, 0) is 12.8 Å². The molecule has 0 atom stereocenters. The molecule has 3 rings (SSSR count). The Bertz CT molecular complexity index is 959. The van der Waals surface area contributed by atoms with Gasteiger partial charge >= 0.3 is 0 Å². The Labute approximate surface area is 169 Å². The lowest BCUT2D eigenvalue weighted by Gasteiger charge is -2.13. The quantitative estimate of drug-likeness (QED) is 0.596. The first-order valence-corrected chi connectivity index (χ1v) is 10.1. The van der Waals surface area contributed by atoms with Crippen molar-refractivity contribution in [1.29, 1.82) is 0 Å². The Morgan fingerprint density at radius 1 is 1.04 bits per heavy atom. The van der Waals surface area contributed by atoms with Gasteiger partial charge in [-0.2, -0.15) is 0 Å². The van der Waals surface area contributed by atoms with Crippen LogP contribution in [0.3, 0.4) is 0 Å². The van der Waals surface area contributed by atoms with Crippen LogP contribution in [0.5, 0.6) is 11.5 Å². The highest BCUT2D eigenvalue weighted by molar-refractivity contribution is 7.13. The van der Waals surface area contributed by atoms with Gasteiger partial charge < -0.3 is 14.8 Å². The molecule has 0 radical (unpaired) electrons. The van der Waals surface area contributed by atoms with Gasteiger partial charge in [0.15, 0.2) is 11.5 Å². The molecule has 0 aliphatic heterocycles. The Hall–Kier alpha value is -2.86. The van der Waals surface area contributed by atoms with Gasteiger partial charge in [-0.05, 0) is 36.1 Å². The van der Waals surface area contributed by atoms with Gasteiger partial charge in [0, 0.05) is 11.1 Å². The van der Waals surface area contributed by atoms with Crippen LogP contribution < -0.4 is 14.8 Å². The molecule has 0 saturated carbocycles. The van der Waals surface area contributed by atoms with Gasteiger partial charge in [-0.15, -0.1) is 11.3 Å². The number of carbonyl (C=O) groups is 1. The van der Waals surface area contributed by atoms with E-state index in [9.17, 15) is 4.79 Å². The average molecular weight is 397 g/mol. The molecule has 6 heteroatoms. The third-order valence-electron chi connectivity index (χ3n) is 4.61. The number of carbonyl (C=O) groups excluding carboxylic acids is 1. The minimum Gasteiger partial charge on any atom is -0.493 e. The van der Waals surface area contributed by atoms with Crippen LogP contribution in [0.2, 0.25) is 0 Å². The number of hydrogen-bond acceptors (Lipinski definition) is 5. The van der Waals surface area contributed by atoms with Gasteiger partial charge in [-0.3, -0.25) is 4.79 Å². The average Bonchev–Trinajstić information content (AvgIpc) is 3.23. The highest BCUT2D eigenvalue weighted by Crippen LogP contribution is 2.39. The molecule has 1 aromatic heterocycles. The first-order chi connectivity index (χ1) is 13.6. The summed E-state index contributed by atoms with van der Waals surface area (Å²) in [5.74, 6) is 1.03. The van der Waals surface area contributed by atoms with E-state index in [-0.39, 0.29) is 5.91 Å². The Balaban J connectivity index is 1.91. The number of aromatic nitrogens is 1. The van der Waals surface area contributed by atoms with E-state index in [0.29, 0.717) is 22.2 Å². The third-order valence-corrected chi connectivity index (χ3v) is 5.48. The number of benzene rings is 2. The fraction of sp³-hybridized carbons (Fsp3) is 0.273. The van der Waals surface area contributed by atoms with Crippen LogP contribution in [0, 0.1) is 0 Å². The van der Waals surface area contributed by atoms with Gasteiger partial charge in [0.1, 0.15) is 10.7 Å². The molecule has 1 amide bonds. The number of amides is 1. The van der Waals surface area contributed by atoms with Crippen molar-refractivity contribution in [2.24, 2.45) is 0 Å². The van der Waals surface area contributed by atoms with Crippen molar-refractivity contribution < 1.29 is 14.3 Å². The molecule has 2 aromatic carbocycles. The topological polar surface area (TPSA) is 60.5 Å². The zero-order valence-electron chi connectivity index (χ0n) is 16.5. The van der Waals surface area contributed by atoms with Crippen molar-refractivity contribution in [3.8, 4) is 22.1 Å². The maximum Gasteiger partial charge on any atom is 0.275 e. The van der Waals surface area contributed by atoms with Crippen LogP contribution in [0.4, 0.5) is 5.69 Å². The number of methoxy groups -OCH3 is 2. The summed E-state index contributed by atoms with van der Waals surface area (Å²) >= 11 is 1.40. The minimum atomic E-state index is -0.208. The zero-order chi connectivity index (χ0) is 20.1. The van der Waals surface area contributed by atoms with Crippen LogP contribution >= 0.6 is 11.3 Å². The summed E-state index contributed by atoms with van der Waals surface area (Å²) in [6, 6.07) is 11.7.